The number of rotatable bonds is 2. The Morgan fingerprint density at radius 1 is 1.22 bits per heavy atom. The summed E-state index contributed by atoms with van der Waals surface area (Å²) in [5, 5.41) is 9.38. The monoisotopic (exact) mass is 252 g/mol. The van der Waals surface area contributed by atoms with Crippen LogP contribution < -0.4 is 0 Å². The van der Waals surface area contributed by atoms with Gasteiger partial charge in [0.15, 0.2) is 0 Å². The van der Waals surface area contributed by atoms with E-state index in [1.54, 1.807) is 4.90 Å². The molecule has 0 spiro atoms. The molecular weight excluding hydrogens is 232 g/mol. The molecule has 2 aliphatic rings. The van der Waals surface area contributed by atoms with Crippen molar-refractivity contribution in [1.82, 2.24) is 4.90 Å². The first kappa shape index (κ1) is 13.3. The minimum atomic E-state index is -0.870. The first-order valence-corrected chi connectivity index (χ1v) is 6.54. The number of nitrogens with zero attached hydrogens (tertiary/aromatic N) is 2. The van der Waals surface area contributed by atoms with Gasteiger partial charge in [-0.3, -0.25) is 4.79 Å². The van der Waals surface area contributed by atoms with Crippen LogP contribution in [0.25, 0.3) is 0 Å². The van der Waals surface area contributed by atoms with Crippen LogP contribution in [0.4, 0.5) is 0 Å². The third-order valence-corrected chi connectivity index (χ3v) is 4.03. The lowest BCUT2D eigenvalue weighted by molar-refractivity contribution is -0.145. The molecule has 0 unspecified atom stereocenters. The number of hydrogen-bond donors (Lipinski definition) is 0. The highest BCUT2D eigenvalue weighted by Gasteiger charge is 2.43. The molecule has 0 saturated carbocycles. The number of amides is 1. The van der Waals surface area contributed by atoms with Crippen LogP contribution in [0.3, 0.4) is 0 Å². The van der Waals surface area contributed by atoms with Gasteiger partial charge in [0, 0.05) is 39.5 Å². The molecule has 0 N–H and O–H groups in total. The minimum Gasteiger partial charge on any atom is -0.381 e. The van der Waals surface area contributed by atoms with Crippen LogP contribution >= 0.6 is 0 Å². The van der Waals surface area contributed by atoms with Gasteiger partial charge < -0.3 is 14.4 Å². The average molecular weight is 252 g/mol. The molecule has 2 aliphatic heterocycles. The second-order valence-corrected chi connectivity index (χ2v) is 5.07. The maximum absolute atomic E-state index is 12.6. The van der Waals surface area contributed by atoms with E-state index in [0.29, 0.717) is 39.3 Å². The first-order chi connectivity index (χ1) is 8.69. The topological polar surface area (TPSA) is 62.6 Å². The van der Waals surface area contributed by atoms with Crippen LogP contribution in [0.5, 0.6) is 0 Å². The highest BCUT2D eigenvalue weighted by molar-refractivity contribution is 5.85. The molecule has 2 saturated heterocycles. The fraction of sp³-hybridized carbons (Fsp3) is 0.846. The summed E-state index contributed by atoms with van der Waals surface area (Å²) in [6.07, 6.45) is 2.74. The predicted molar refractivity (Wildman–Crippen MR) is 64.7 cm³/mol. The number of ether oxygens (including phenoxy) is 2. The molecule has 0 atom stereocenters. The Morgan fingerprint density at radius 2 is 1.78 bits per heavy atom. The van der Waals surface area contributed by atoms with Crippen molar-refractivity contribution < 1.29 is 14.3 Å². The number of carbonyl (C=O) groups is 1. The Bertz CT molecular complexity index is 339. The molecule has 5 nitrogen and oxygen atoms in total. The van der Waals surface area contributed by atoms with Crippen molar-refractivity contribution in [3.05, 3.63) is 0 Å². The Morgan fingerprint density at radius 3 is 2.33 bits per heavy atom. The normalized spacial score (nSPS) is 24.2. The zero-order chi connectivity index (χ0) is 13.0. The van der Waals surface area contributed by atoms with Crippen LogP contribution in [0.15, 0.2) is 0 Å². The van der Waals surface area contributed by atoms with E-state index in [0.717, 1.165) is 12.8 Å². The summed E-state index contributed by atoms with van der Waals surface area (Å²) in [5.41, 5.74) is -0.870. The van der Waals surface area contributed by atoms with Crippen molar-refractivity contribution >= 4 is 5.91 Å². The standard InChI is InChI=1S/C13H20N2O3/c1-15(11-2-6-17-7-3-11)12(16)13(10-14)4-8-18-9-5-13/h11H,2-9H2,1H3. The van der Waals surface area contributed by atoms with E-state index >= 15 is 0 Å². The van der Waals surface area contributed by atoms with Crippen LogP contribution in [0, 0.1) is 16.7 Å². The summed E-state index contributed by atoms with van der Waals surface area (Å²) in [5.74, 6) is -0.0415. The average Bonchev–Trinajstić information content (AvgIpc) is 2.47. The molecule has 0 aliphatic carbocycles. The van der Waals surface area contributed by atoms with Gasteiger partial charge in [0.05, 0.1) is 6.07 Å². The van der Waals surface area contributed by atoms with Crippen molar-refractivity contribution in [3.63, 3.8) is 0 Å². The lowest BCUT2D eigenvalue weighted by atomic mass is 9.80. The second kappa shape index (κ2) is 5.68. The predicted octanol–water partition coefficient (Wildman–Crippen LogP) is 0.944. The molecular formula is C13H20N2O3. The molecule has 2 fully saturated rings. The molecule has 0 aromatic heterocycles. The van der Waals surface area contributed by atoms with E-state index in [4.69, 9.17) is 9.47 Å². The van der Waals surface area contributed by atoms with Crippen LogP contribution in [0.1, 0.15) is 25.7 Å². The number of nitriles is 1. The van der Waals surface area contributed by atoms with E-state index in [1.165, 1.54) is 0 Å². The zero-order valence-electron chi connectivity index (χ0n) is 10.9. The van der Waals surface area contributed by atoms with Gasteiger partial charge in [-0.05, 0) is 25.7 Å². The molecule has 1 amide bonds. The summed E-state index contributed by atoms with van der Waals surface area (Å²) in [6.45, 7) is 2.40. The molecule has 0 bridgehead atoms. The number of hydrogen-bond acceptors (Lipinski definition) is 4. The fourth-order valence-electron chi connectivity index (χ4n) is 2.67. The van der Waals surface area contributed by atoms with E-state index in [9.17, 15) is 10.1 Å². The summed E-state index contributed by atoms with van der Waals surface area (Å²) >= 11 is 0. The molecule has 100 valence electrons. The summed E-state index contributed by atoms with van der Waals surface area (Å²) in [7, 11) is 1.81. The maximum Gasteiger partial charge on any atom is 0.243 e. The maximum atomic E-state index is 12.6. The van der Waals surface area contributed by atoms with Gasteiger partial charge >= 0.3 is 0 Å². The molecule has 2 heterocycles. The van der Waals surface area contributed by atoms with E-state index < -0.39 is 5.41 Å². The number of carbonyl (C=O) groups excluding carboxylic acids is 1. The van der Waals surface area contributed by atoms with Gasteiger partial charge in [-0.1, -0.05) is 0 Å². The van der Waals surface area contributed by atoms with Crippen molar-refractivity contribution in [2.24, 2.45) is 5.41 Å². The largest absolute Gasteiger partial charge is 0.381 e. The Hall–Kier alpha value is -1.12. The van der Waals surface area contributed by atoms with Gasteiger partial charge in [0.1, 0.15) is 5.41 Å². The van der Waals surface area contributed by atoms with Crippen molar-refractivity contribution in [2.45, 2.75) is 31.7 Å². The molecule has 18 heavy (non-hydrogen) atoms. The molecule has 0 aromatic carbocycles. The summed E-state index contributed by atoms with van der Waals surface area (Å²) < 4.78 is 10.6. The smallest absolute Gasteiger partial charge is 0.243 e. The van der Waals surface area contributed by atoms with Crippen LogP contribution in [0.2, 0.25) is 0 Å². The minimum absolute atomic E-state index is 0.0415. The quantitative estimate of drug-likeness (QED) is 0.734. The summed E-state index contributed by atoms with van der Waals surface area (Å²) in [4.78, 5) is 14.3. The lowest BCUT2D eigenvalue weighted by Gasteiger charge is -2.38. The molecule has 5 heteroatoms. The van der Waals surface area contributed by atoms with Gasteiger partial charge in [0.25, 0.3) is 0 Å². The van der Waals surface area contributed by atoms with E-state index in [-0.39, 0.29) is 11.9 Å². The highest BCUT2D eigenvalue weighted by Crippen LogP contribution is 2.33. The van der Waals surface area contributed by atoms with Gasteiger partial charge in [0.2, 0.25) is 5.91 Å². The van der Waals surface area contributed by atoms with Crippen molar-refractivity contribution in [2.75, 3.05) is 33.5 Å². The Labute approximate surface area is 108 Å². The highest BCUT2D eigenvalue weighted by atomic mass is 16.5. The van der Waals surface area contributed by atoms with Crippen LogP contribution in [-0.2, 0) is 14.3 Å². The zero-order valence-corrected chi connectivity index (χ0v) is 10.9. The Kier molecular flexibility index (Phi) is 4.20. The summed E-state index contributed by atoms with van der Waals surface area (Å²) in [6, 6.07) is 2.44. The van der Waals surface area contributed by atoms with Gasteiger partial charge in [-0.25, -0.2) is 0 Å². The van der Waals surface area contributed by atoms with E-state index in [2.05, 4.69) is 6.07 Å². The van der Waals surface area contributed by atoms with Crippen LogP contribution in [-0.4, -0.2) is 50.3 Å². The molecule has 0 aromatic rings. The van der Waals surface area contributed by atoms with Gasteiger partial charge in [-0.2, -0.15) is 5.26 Å². The first-order valence-electron chi connectivity index (χ1n) is 6.54. The SMILES string of the molecule is CN(C(=O)C1(C#N)CCOCC1)C1CCOCC1. The lowest BCUT2D eigenvalue weighted by Crippen LogP contribution is -2.49. The molecule has 0 radical (unpaired) electrons. The third-order valence-electron chi connectivity index (χ3n) is 4.03. The molecule has 2 rings (SSSR count). The van der Waals surface area contributed by atoms with E-state index in [1.807, 2.05) is 7.05 Å². The second-order valence-electron chi connectivity index (χ2n) is 5.07. The van der Waals surface area contributed by atoms with Crippen molar-refractivity contribution in [3.8, 4) is 6.07 Å². The Balaban J connectivity index is 2.06. The van der Waals surface area contributed by atoms with Crippen molar-refractivity contribution in [1.29, 1.82) is 5.26 Å². The van der Waals surface area contributed by atoms with Gasteiger partial charge in [-0.15, -0.1) is 0 Å². The fourth-order valence-corrected chi connectivity index (χ4v) is 2.67. The third kappa shape index (κ3) is 2.50.